The number of benzene rings is 1. The molecular weight excluding hydrogens is 249 g/mol. The van der Waals surface area contributed by atoms with Crippen molar-refractivity contribution >= 4 is 0 Å². The largest absolute Gasteiger partial charge is 0.496 e. The van der Waals surface area contributed by atoms with Crippen molar-refractivity contribution < 1.29 is 22.6 Å². The average molecular weight is 264 g/mol. The van der Waals surface area contributed by atoms with Gasteiger partial charge in [0, 0.05) is 5.56 Å². The topological polar surface area (TPSA) is 56.5 Å². The molecule has 0 saturated heterocycles. The molecule has 1 aromatic rings. The zero-order valence-electron chi connectivity index (χ0n) is 9.83. The fraction of sp³-hybridized carbons (Fsp3) is 0.455. The molecule has 0 saturated carbocycles. The molecule has 1 atom stereocenters. The summed E-state index contributed by atoms with van der Waals surface area (Å²) in [5.74, 6) is 5.85. The Bertz CT molecular complexity index is 372. The average Bonchev–Trinajstić information content (AvgIpc) is 2.33. The van der Waals surface area contributed by atoms with Gasteiger partial charge in [-0.25, -0.2) is 0 Å². The van der Waals surface area contributed by atoms with E-state index >= 15 is 0 Å². The highest BCUT2D eigenvalue weighted by Gasteiger charge is 2.28. The summed E-state index contributed by atoms with van der Waals surface area (Å²) in [6.45, 7) is -1.50. The standard InChI is InChI=1S/C11H15F3N2O2/c1-17-10-5-3-2-4-8(10)9(16-15)6-18-7-11(12,13)14/h2-5,9,16H,6-7,15H2,1H3. The first kappa shape index (κ1) is 14.7. The Hall–Kier alpha value is -1.31. The van der Waals surface area contributed by atoms with Crippen LogP contribution in [0, 0.1) is 0 Å². The quantitative estimate of drug-likeness (QED) is 0.607. The molecule has 0 spiro atoms. The van der Waals surface area contributed by atoms with Crippen LogP contribution in [0.1, 0.15) is 11.6 Å². The van der Waals surface area contributed by atoms with Gasteiger partial charge in [0.05, 0.1) is 19.8 Å². The van der Waals surface area contributed by atoms with Gasteiger partial charge in [-0.2, -0.15) is 13.2 Å². The molecule has 0 aromatic heterocycles. The minimum absolute atomic E-state index is 0.198. The van der Waals surface area contributed by atoms with Crippen molar-refractivity contribution in [1.29, 1.82) is 0 Å². The number of methoxy groups -OCH3 is 1. The molecule has 7 heteroatoms. The number of ether oxygens (including phenoxy) is 2. The van der Waals surface area contributed by atoms with Crippen LogP contribution in [0.3, 0.4) is 0 Å². The molecule has 0 amide bonds. The molecule has 0 radical (unpaired) electrons. The minimum Gasteiger partial charge on any atom is -0.496 e. The first-order valence-electron chi connectivity index (χ1n) is 5.21. The smallest absolute Gasteiger partial charge is 0.411 e. The lowest BCUT2D eigenvalue weighted by Crippen LogP contribution is -2.33. The lowest BCUT2D eigenvalue weighted by Gasteiger charge is -2.19. The van der Waals surface area contributed by atoms with E-state index in [0.717, 1.165) is 0 Å². The highest BCUT2D eigenvalue weighted by atomic mass is 19.4. The molecule has 1 aromatic carbocycles. The second kappa shape index (κ2) is 6.58. The van der Waals surface area contributed by atoms with Crippen LogP contribution in [-0.2, 0) is 4.74 Å². The lowest BCUT2D eigenvalue weighted by atomic mass is 10.1. The molecule has 0 aliphatic heterocycles. The summed E-state index contributed by atoms with van der Waals surface area (Å²) < 4.78 is 45.6. The van der Waals surface area contributed by atoms with Crippen molar-refractivity contribution in [3.8, 4) is 5.75 Å². The van der Waals surface area contributed by atoms with E-state index in [4.69, 9.17) is 10.6 Å². The number of halogens is 3. The third kappa shape index (κ3) is 4.52. The van der Waals surface area contributed by atoms with Gasteiger partial charge in [-0.1, -0.05) is 18.2 Å². The first-order valence-corrected chi connectivity index (χ1v) is 5.21. The van der Waals surface area contributed by atoms with Gasteiger partial charge in [-0.05, 0) is 6.07 Å². The van der Waals surface area contributed by atoms with Crippen LogP contribution in [0.25, 0.3) is 0 Å². The number of nitrogens with two attached hydrogens (primary N) is 1. The van der Waals surface area contributed by atoms with Gasteiger partial charge >= 0.3 is 6.18 Å². The maximum absolute atomic E-state index is 12.0. The molecule has 0 heterocycles. The van der Waals surface area contributed by atoms with E-state index in [2.05, 4.69) is 10.2 Å². The number of hydrogen-bond donors (Lipinski definition) is 2. The number of alkyl halides is 3. The lowest BCUT2D eigenvalue weighted by molar-refractivity contribution is -0.175. The van der Waals surface area contributed by atoms with Crippen molar-refractivity contribution in [1.82, 2.24) is 5.43 Å². The Morgan fingerprint density at radius 3 is 2.56 bits per heavy atom. The molecule has 4 nitrogen and oxygen atoms in total. The first-order chi connectivity index (χ1) is 8.48. The Morgan fingerprint density at radius 1 is 1.33 bits per heavy atom. The Balaban J connectivity index is 2.65. The maximum atomic E-state index is 12.0. The monoisotopic (exact) mass is 264 g/mol. The van der Waals surface area contributed by atoms with Gasteiger partial charge in [-0.3, -0.25) is 11.3 Å². The highest BCUT2D eigenvalue weighted by molar-refractivity contribution is 5.35. The van der Waals surface area contributed by atoms with E-state index in [9.17, 15) is 13.2 Å². The van der Waals surface area contributed by atoms with Crippen LogP contribution in [-0.4, -0.2) is 26.5 Å². The van der Waals surface area contributed by atoms with Gasteiger partial charge in [0.25, 0.3) is 0 Å². The summed E-state index contributed by atoms with van der Waals surface area (Å²) in [5.41, 5.74) is 3.05. The third-order valence-electron chi connectivity index (χ3n) is 2.27. The van der Waals surface area contributed by atoms with Gasteiger partial charge in [0.15, 0.2) is 0 Å². The summed E-state index contributed by atoms with van der Waals surface area (Å²) >= 11 is 0. The van der Waals surface area contributed by atoms with Crippen molar-refractivity contribution in [2.45, 2.75) is 12.2 Å². The second-order valence-electron chi connectivity index (χ2n) is 3.59. The third-order valence-corrected chi connectivity index (χ3v) is 2.27. The van der Waals surface area contributed by atoms with Crippen LogP contribution >= 0.6 is 0 Å². The van der Waals surface area contributed by atoms with Crippen molar-refractivity contribution in [3.05, 3.63) is 29.8 Å². The molecule has 18 heavy (non-hydrogen) atoms. The maximum Gasteiger partial charge on any atom is 0.411 e. The van der Waals surface area contributed by atoms with E-state index in [1.54, 1.807) is 24.3 Å². The number of para-hydroxylation sites is 1. The fourth-order valence-electron chi connectivity index (χ4n) is 1.47. The minimum atomic E-state index is -4.35. The summed E-state index contributed by atoms with van der Waals surface area (Å²) in [6.07, 6.45) is -4.35. The number of nitrogens with one attached hydrogen (secondary N) is 1. The van der Waals surface area contributed by atoms with E-state index < -0.39 is 18.8 Å². The van der Waals surface area contributed by atoms with Gasteiger partial charge < -0.3 is 9.47 Å². The van der Waals surface area contributed by atoms with Gasteiger partial charge in [0.1, 0.15) is 12.4 Å². The van der Waals surface area contributed by atoms with Crippen LogP contribution in [0.15, 0.2) is 24.3 Å². The van der Waals surface area contributed by atoms with Crippen molar-refractivity contribution in [2.75, 3.05) is 20.3 Å². The van der Waals surface area contributed by atoms with Crippen molar-refractivity contribution in [2.24, 2.45) is 5.84 Å². The van der Waals surface area contributed by atoms with E-state index in [1.165, 1.54) is 7.11 Å². The molecule has 0 bridgehead atoms. The highest BCUT2D eigenvalue weighted by Crippen LogP contribution is 2.25. The summed E-state index contributed by atoms with van der Waals surface area (Å²) in [7, 11) is 1.48. The number of hydrazine groups is 1. The van der Waals surface area contributed by atoms with Crippen molar-refractivity contribution in [3.63, 3.8) is 0 Å². The Kier molecular flexibility index (Phi) is 5.39. The van der Waals surface area contributed by atoms with Gasteiger partial charge in [-0.15, -0.1) is 0 Å². The summed E-state index contributed by atoms with van der Waals surface area (Å²) in [6, 6.07) is 6.34. The fourth-order valence-corrected chi connectivity index (χ4v) is 1.47. The van der Waals surface area contributed by atoms with Gasteiger partial charge in [0.2, 0.25) is 0 Å². The number of rotatable bonds is 6. The van der Waals surface area contributed by atoms with Crippen LogP contribution in [0.4, 0.5) is 13.2 Å². The van der Waals surface area contributed by atoms with Crippen LogP contribution in [0.5, 0.6) is 5.75 Å². The molecule has 102 valence electrons. The Labute approximate surface area is 103 Å². The molecule has 3 N–H and O–H groups in total. The molecular formula is C11H15F3N2O2. The predicted molar refractivity (Wildman–Crippen MR) is 59.9 cm³/mol. The normalized spacial score (nSPS) is 13.4. The number of hydrogen-bond acceptors (Lipinski definition) is 4. The molecule has 0 aliphatic carbocycles. The molecule has 1 unspecified atom stereocenters. The summed E-state index contributed by atoms with van der Waals surface area (Å²) in [4.78, 5) is 0. The predicted octanol–water partition coefficient (Wildman–Crippen LogP) is 1.78. The molecule has 0 aliphatic rings. The molecule has 1 rings (SSSR count). The molecule has 0 fully saturated rings. The summed E-state index contributed by atoms with van der Waals surface area (Å²) in [5, 5.41) is 0. The van der Waals surface area contributed by atoms with Crippen LogP contribution in [0.2, 0.25) is 0 Å². The van der Waals surface area contributed by atoms with E-state index in [0.29, 0.717) is 11.3 Å². The Morgan fingerprint density at radius 2 is 2.00 bits per heavy atom. The zero-order chi connectivity index (χ0) is 13.6. The van der Waals surface area contributed by atoms with Crippen LogP contribution < -0.4 is 16.0 Å². The zero-order valence-corrected chi connectivity index (χ0v) is 9.83. The SMILES string of the molecule is COc1ccccc1C(COCC(F)(F)F)NN. The second-order valence-corrected chi connectivity index (χ2v) is 3.59. The van der Waals surface area contributed by atoms with E-state index in [1.807, 2.05) is 0 Å². The van der Waals surface area contributed by atoms with E-state index in [-0.39, 0.29) is 6.61 Å².